The van der Waals surface area contributed by atoms with Crippen LogP contribution in [0, 0.1) is 6.92 Å². The summed E-state index contributed by atoms with van der Waals surface area (Å²) in [6.07, 6.45) is 0.398. The van der Waals surface area contributed by atoms with Gasteiger partial charge in [-0.2, -0.15) is 0 Å². The van der Waals surface area contributed by atoms with Crippen LogP contribution >= 0.6 is 11.3 Å². The van der Waals surface area contributed by atoms with Gasteiger partial charge in [-0.15, -0.1) is 11.3 Å². The molecule has 3 nitrogen and oxygen atoms in total. The highest BCUT2D eigenvalue weighted by molar-refractivity contribution is 7.10. The number of hydrogen-bond acceptors (Lipinski definition) is 4. The zero-order valence-corrected chi connectivity index (χ0v) is 13.4. The third kappa shape index (κ3) is 2.78. The van der Waals surface area contributed by atoms with Crippen molar-refractivity contribution in [3.8, 4) is 11.5 Å². The molecule has 2 heterocycles. The Hall–Kier alpha value is -1.52. The number of aliphatic hydroxyl groups is 1. The van der Waals surface area contributed by atoms with E-state index in [4.69, 9.17) is 9.47 Å². The van der Waals surface area contributed by atoms with E-state index in [-0.39, 0.29) is 6.10 Å². The minimum Gasteiger partial charge on any atom is -0.493 e. The van der Waals surface area contributed by atoms with Crippen LogP contribution in [0.5, 0.6) is 11.5 Å². The van der Waals surface area contributed by atoms with E-state index in [9.17, 15) is 5.11 Å². The van der Waals surface area contributed by atoms with E-state index in [0.29, 0.717) is 6.61 Å². The van der Waals surface area contributed by atoms with E-state index in [1.807, 2.05) is 37.4 Å². The number of fused-ring (bicyclic) bond motifs is 1. The number of thiophene rings is 1. The molecule has 4 heteroatoms. The van der Waals surface area contributed by atoms with Crippen molar-refractivity contribution in [1.82, 2.24) is 0 Å². The molecule has 1 aromatic heterocycles. The first-order valence-electron chi connectivity index (χ1n) is 7.27. The lowest BCUT2D eigenvalue weighted by molar-refractivity contribution is 0.210. The summed E-state index contributed by atoms with van der Waals surface area (Å²) >= 11 is 1.64. The van der Waals surface area contributed by atoms with Crippen molar-refractivity contribution < 1.29 is 14.6 Å². The van der Waals surface area contributed by atoms with E-state index in [1.54, 1.807) is 11.3 Å². The Balaban J connectivity index is 2.02. The highest BCUT2D eigenvalue weighted by Gasteiger charge is 2.25. The van der Waals surface area contributed by atoms with Crippen molar-refractivity contribution in [3.05, 3.63) is 45.1 Å². The fraction of sp³-hybridized carbons (Fsp3) is 0.412. The van der Waals surface area contributed by atoms with Crippen molar-refractivity contribution >= 4 is 11.3 Å². The molecule has 21 heavy (non-hydrogen) atoms. The summed E-state index contributed by atoms with van der Waals surface area (Å²) in [5.74, 6) is 1.62. The minimum atomic E-state index is -0.679. The molecule has 0 amide bonds. The van der Waals surface area contributed by atoms with Crippen molar-refractivity contribution in [1.29, 1.82) is 0 Å². The maximum Gasteiger partial charge on any atom is 0.125 e. The van der Waals surface area contributed by atoms with Gasteiger partial charge in [-0.3, -0.25) is 0 Å². The summed E-state index contributed by atoms with van der Waals surface area (Å²) in [4.78, 5) is 1.19. The van der Waals surface area contributed by atoms with Crippen LogP contribution in [0.1, 0.15) is 41.5 Å². The van der Waals surface area contributed by atoms with Gasteiger partial charge in [-0.25, -0.2) is 0 Å². The van der Waals surface area contributed by atoms with Crippen molar-refractivity contribution in [2.24, 2.45) is 0 Å². The summed E-state index contributed by atoms with van der Waals surface area (Å²) in [7, 11) is 0. The highest BCUT2D eigenvalue weighted by atomic mass is 32.1. The van der Waals surface area contributed by atoms with Gasteiger partial charge in [0.05, 0.1) is 6.61 Å². The highest BCUT2D eigenvalue weighted by Crippen LogP contribution is 2.40. The average Bonchev–Trinajstić information content (AvgIpc) is 3.02. The first kappa shape index (κ1) is 14.4. The molecule has 2 aromatic rings. The summed E-state index contributed by atoms with van der Waals surface area (Å²) < 4.78 is 11.5. The molecule has 0 spiro atoms. The molecule has 0 fully saturated rings. The number of aryl methyl sites for hydroxylation is 1. The van der Waals surface area contributed by atoms with Gasteiger partial charge in [-0.05, 0) is 49.9 Å². The lowest BCUT2D eigenvalue weighted by Crippen LogP contribution is -2.05. The minimum absolute atomic E-state index is 0.185. The van der Waals surface area contributed by atoms with E-state index in [1.165, 1.54) is 4.88 Å². The monoisotopic (exact) mass is 304 g/mol. The molecule has 1 N–H and O–H groups in total. The van der Waals surface area contributed by atoms with Crippen LogP contribution in [0.15, 0.2) is 23.6 Å². The maximum atomic E-state index is 10.7. The van der Waals surface area contributed by atoms with E-state index in [2.05, 4.69) is 6.92 Å². The number of aliphatic hydroxyl groups excluding tert-OH is 1. The van der Waals surface area contributed by atoms with Crippen LogP contribution < -0.4 is 9.47 Å². The number of benzene rings is 1. The van der Waals surface area contributed by atoms with Crippen LogP contribution in [0.2, 0.25) is 0 Å². The molecule has 2 unspecified atom stereocenters. The number of ether oxygens (including phenoxy) is 2. The summed E-state index contributed by atoms with van der Waals surface area (Å²) in [6, 6.07) is 5.96. The van der Waals surface area contributed by atoms with Crippen molar-refractivity contribution in [2.75, 3.05) is 6.61 Å². The third-order valence-corrected chi connectivity index (χ3v) is 4.57. The molecule has 2 atom stereocenters. The molecule has 1 aliphatic heterocycles. The van der Waals surface area contributed by atoms with Gasteiger partial charge in [-0.1, -0.05) is 0 Å². The molecule has 0 saturated carbocycles. The van der Waals surface area contributed by atoms with Crippen LogP contribution in [-0.4, -0.2) is 17.8 Å². The first-order chi connectivity index (χ1) is 10.1. The molecule has 1 aromatic carbocycles. The fourth-order valence-electron chi connectivity index (χ4n) is 2.74. The topological polar surface area (TPSA) is 38.7 Å². The van der Waals surface area contributed by atoms with Gasteiger partial charge in [0.15, 0.2) is 0 Å². The smallest absolute Gasteiger partial charge is 0.125 e. The predicted octanol–water partition coefficient (Wildman–Crippen LogP) is 3.86. The molecule has 112 valence electrons. The molecular formula is C17H20O3S. The fourth-order valence-corrected chi connectivity index (χ4v) is 3.46. The second kappa shape index (κ2) is 5.70. The Bertz CT molecular complexity index is 647. The third-order valence-electron chi connectivity index (χ3n) is 3.69. The lowest BCUT2D eigenvalue weighted by atomic mass is 9.99. The average molecular weight is 304 g/mol. The van der Waals surface area contributed by atoms with Gasteiger partial charge in [0.25, 0.3) is 0 Å². The van der Waals surface area contributed by atoms with Gasteiger partial charge in [0.1, 0.15) is 23.7 Å². The van der Waals surface area contributed by atoms with Gasteiger partial charge >= 0.3 is 0 Å². The second-order valence-electron chi connectivity index (χ2n) is 5.46. The van der Waals surface area contributed by atoms with Crippen LogP contribution in [0.4, 0.5) is 0 Å². The second-order valence-corrected chi connectivity index (χ2v) is 6.57. The number of rotatable bonds is 4. The maximum absolute atomic E-state index is 10.7. The Morgan fingerprint density at radius 2 is 2.24 bits per heavy atom. The van der Waals surface area contributed by atoms with E-state index in [0.717, 1.165) is 34.6 Å². The van der Waals surface area contributed by atoms with E-state index < -0.39 is 6.10 Å². The molecule has 0 aliphatic carbocycles. The summed E-state index contributed by atoms with van der Waals surface area (Å²) in [5, 5.41) is 12.7. The molecule has 0 bridgehead atoms. The molecule has 1 aliphatic rings. The first-order valence-corrected chi connectivity index (χ1v) is 8.15. The number of hydrogen-bond donors (Lipinski definition) is 1. The Labute approximate surface area is 129 Å². The van der Waals surface area contributed by atoms with Gasteiger partial charge in [0.2, 0.25) is 0 Å². The van der Waals surface area contributed by atoms with Crippen LogP contribution in [0.3, 0.4) is 0 Å². The predicted molar refractivity (Wildman–Crippen MR) is 84.5 cm³/mol. The molecule has 3 rings (SSSR count). The van der Waals surface area contributed by atoms with Gasteiger partial charge < -0.3 is 14.6 Å². The van der Waals surface area contributed by atoms with Gasteiger partial charge in [0, 0.05) is 22.4 Å². The lowest BCUT2D eigenvalue weighted by Gasteiger charge is -2.16. The van der Waals surface area contributed by atoms with Crippen LogP contribution in [-0.2, 0) is 6.42 Å². The largest absolute Gasteiger partial charge is 0.493 e. The SMILES string of the molecule is CCOc1cc2c(cc1C(O)c1csc(C)c1)OC(C)C2. The standard InChI is InChI=1S/C17H20O3S/c1-4-19-16-7-12-5-10(2)20-15(12)8-14(16)17(18)13-6-11(3)21-9-13/h6-10,17-18H,4-5H2,1-3H3. The quantitative estimate of drug-likeness (QED) is 0.932. The van der Waals surface area contributed by atoms with Crippen LogP contribution in [0.25, 0.3) is 0 Å². The Kier molecular flexibility index (Phi) is 3.91. The normalized spacial score (nSPS) is 18.2. The molecule has 0 radical (unpaired) electrons. The molecular weight excluding hydrogens is 284 g/mol. The summed E-state index contributed by atoms with van der Waals surface area (Å²) in [5.41, 5.74) is 2.84. The summed E-state index contributed by atoms with van der Waals surface area (Å²) in [6.45, 7) is 6.63. The zero-order valence-electron chi connectivity index (χ0n) is 12.6. The Morgan fingerprint density at radius 3 is 2.90 bits per heavy atom. The Morgan fingerprint density at radius 1 is 1.43 bits per heavy atom. The van der Waals surface area contributed by atoms with Crippen molar-refractivity contribution in [3.63, 3.8) is 0 Å². The zero-order chi connectivity index (χ0) is 15.0. The van der Waals surface area contributed by atoms with E-state index >= 15 is 0 Å². The molecule has 0 saturated heterocycles. The van der Waals surface area contributed by atoms with Crippen molar-refractivity contribution in [2.45, 2.75) is 39.4 Å².